The lowest BCUT2D eigenvalue weighted by molar-refractivity contribution is -0.203. The molecule has 0 aromatic rings. The van der Waals surface area contributed by atoms with Crippen LogP contribution in [0, 0.1) is 5.92 Å². The molecule has 14 heavy (non-hydrogen) atoms. The van der Waals surface area contributed by atoms with E-state index in [0.29, 0.717) is 12.8 Å². The van der Waals surface area contributed by atoms with E-state index in [9.17, 15) is 9.59 Å². The van der Waals surface area contributed by atoms with E-state index in [4.69, 9.17) is 9.47 Å². The fraction of sp³-hybridized carbons (Fsp3) is 0.800. The van der Waals surface area contributed by atoms with Gasteiger partial charge in [-0.05, 0) is 19.3 Å². The zero-order valence-corrected chi connectivity index (χ0v) is 7.82. The van der Waals surface area contributed by atoms with Crippen LogP contribution in [0.15, 0.2) is 0 Å². The predicted octanol–water partition coefficient (Wildman–Crippen LogP) is 0.788. The summed E-state index contributed by atoms with van der Waals surface area (Å²) in [6.07, 6.45) is 3.65. The summed E-state index contributed by atoms with van der Waals surface area (Å²) in [4.78, 5) is 21.9. The maximum atomic E-state index is 11.1. The van der Waals surface area contributed by atoms with Gasteiger partial charge < -0.3 is 9.47 Å². The summed E-state index contributed by atoms with van der Waals surface area (Å²) in [7, 11) is 0. The molecule has 76 valence electrons. The van der Waals surface area contributed by atoms with E-state index < -0.39 is 0 Å². The zero-order valence-electron chi connectivity index (χ0n) is 7.82. The highest BCUT2D eigenvalue weighted by Gasteiger charge is 2.54. The second-order valence-electron chi connectivity index (χ2n) is 4.57. The van der Waals surface area contributed by atoms with E-state index in [0.717, 1.165) is 19.3 Å². The molecule has 0 N–H and O–H groups in total. The molecule has 0 amide bonds. The Hall–Kier alpha value is -1.06. The van der Waals surface area contributed by atoms with Crippen molar-refractivity contribution in [2.45, 2.75) is 43.8 Å². The van der Waals surface area contributed by atoms with E-state index in [-0.39, 0.29) is 29.6 Å². The summed E-state index contributed by atoms with van der Waals surface area (Å²) < 4.78 is 10.4. The van der Waals surface area contributed by atoms with Gasteiger partial charge >= 0.3 is 11.9 Å². The van der Waals surface area contributed by atoms with Crippen molar-refractivity contribution in [3.8, 4) is 0 Å². The Morgan fingerprint density at radius 2 is 2.07 bits per heavy atom. The first-order valence-corrected chi connectivity index (χ1v) is 5.08. The molecule has 4 heteroatoms. The van der Waals surface area contributed by atoms with E-state index in [1.165, 1.54) is 0 Å². The molecule has 0 bridgehead atoms. The number of carbonyl (C=O) groups is 2. The Morgan fingerprint density at radius 3 is 2.79 bits per heavy atom. The third-order valence-corrected chi connectivity index (χ3v) is 3.55. The van der Waals surface area contributed by atoms with Crippen LogP contribution in [-0.2, 0) is 19.1 Å². The van der Waals surface area contributed by atoms with Gasteiger partial charge in [-0.1, -0.05) is 0 Å². The Balaban J connectivity index is 1.73. The van der Waals surface area contributed by atoms with Crippen LogP contribution >= 0.6 is 0 Å². The van der Waals surface area contributed by atoms with Gasteiger partial charge in [0, 0.05) is 5.92 Å². The minimum absolute atomic E-state index is 0.0902. The molecule has 2 aliphatic heterocycles. The first-order valence-electron chi connectivity index (χ1n) is 5.08. The number of carbonyl (C=O) groups excluding carboxylic acids is 2. The van der Waals surface area contributed by atoms with Gasteiger partial charge in [0.05, 0.1) is 12.8 Å². The van der Waals surface area contributed by atoms with Gasteiger partial charge in [-0.25, -0.2) is 0 Å². The van der Waals surface area contributed by atoms with Gasteiger partial charge in [0.1, 0.15) is 11.7 Å². The van der Waals surface area contributed by atoms with E-state index in [1.807, 2.05) is 0 Å². The molecule has 0 unspecified atom stereocenters. The lowest BCUT2D eigenvalue weighted by Crippen LogP contribution is -2.52. The molecule has 1 aliphatic carbocycles. The van der Waals surface area contributed by atoms with Crippen molar-refractivity contribution in [3.63, 3.8) is 0 Å². The van der Waals surface area contributed by atoms with Gasteiger partial charge in [0.15, 0.2) is 0 Å². The zero-order chi connectivity index (χ0) is 9.76. The third-order valence-electron chi connectivity index (χ3n) is 3.55. The monoisotopic (exact) mass is 196 g/mol. The summed E-state index contributed by atoms with van der Waals surface area (Å²) in [5, 5.41) is 0. The van der Waals surface area contributed by atoms with Crippen LogP contribution in [0.4, 0.5) is 0 Å². The Morgan fingerprint density at radius 1 is 1.29 bits per heavy atom. The highest BCUT2D eigenvalue weighted by atomic mass is 16.6. The second-order valence-corrected chi connectivity index (χ2v) is 4.57. The Kier molecular flexibility index (Phi) is 1.47. The van der Waals surface area contributed by atoms with Crippen LogP contribution in [0.5, 0.6) is 0 Å². The van der Waals surface area contributed by atoms with Crippen molar-refractivity contribution < 1.29 is 19.1 Å². The van der Waals surface area contributed by atoms with Gasteiger partial charge in [-0.3, -0.25) is 9.59 Å². The van der Waals surface area contributed by atoms with Crippen LogP contribution in [0.1, 0.15) is 32.1 Å². The smallest absolute Gasteiger partial charge is 0.310 e. The predicted molar refractivity (Wildman–Crippen MR) is 45.3 cm³/mol. The first-order chi connectivity index (χ1) is 6.67. The molecular formula is C10H12O4. The van der Waals surface area contributed by atoms with Crippen molar-refractivity contribution >= 4 is 11.9 Å². The van der Waals surface area contributed by atoms with Crippen LogP contribution in [0.25, 0.3) is 0 Å². The number of hydrogen-bond donors (Lipinski definition) is 0. The summed E-state index contributed by atoms with van der Waals surface area (Å²) in [6.45, 7) is 0. The molecule has 3 fully saturated rings. The maximum absolute atomic E-state index is 11.1. The lowest BCUT2D eigenvalue weighted by Gasteiger charge is -2.46. The number of fused-ring (bicyclic) bond motifs is 1. The summed E-state index contributed by atoms with van der Waals surface area (Å²) in [5.41, 5.74) is -0.230. The number of ether oxygens (including phenoxy) is 2. The van der Waals surface area contributed by atoms with Gasteiger partial charge in [-0.2, -0.15) is 0 Å². The fourth-order valence-electron chi connectivity index (χ4n) is 2.89. The van der Waals surface area contributed by atoms with Crippen molar-refractivity contribution in [1.82, 2.24) is 0 Å². The average Bonchev–Trinajstić information content (AvgIpc) is 2.41. The van der Waals surface area contributed by atoms with Gasteiger partial charge in [0.25, 0.3) is 0 Å². The minimum atomic E-state index is -0.230. The maximum Gasteiger partial charge on any atom is 0.310 e. The molecular weight excluding hydrogens is 184 g/mol. The van der Waals surface area contributed by atoms with Crippen LogP contribution in [-0.4, -0.2) is 23.6 Å². The minimum Gasteiger partial charge on any atom is -0.462 e. The summed E-state index contributed by atoms with van der Waals surface area (Å²) >= 11 is 0. The molecule has 4 nitrogen and oxygen atoms in total. The Bertz CT molecular complexity index is 301. The highest BCUT2D eigenvalue weighted by molar-refractivity contribution is 5.77. The van der Waals surface area contributed by atoms with Gasteiger partial charge in [-0.15, -0.1) is 0 Å². The second kappa shape index (κ2) is 2.49. The SMILES string of the molecule is O=C1C[C@H]2C[C@]3(CC[C@H]2O1)CC(=O)O3. The van der Waals surface area contributed by atoms with Crippen LogP contribution in [0.2, 0.25) is 0 Å². The molecule has 0 aromatic heterocycles. The number of esters is 2. The van der Waals surface area contributed by atoms with E-state index in [2.05, 4.69) is 0 Å². The quantitative estimate of drug-likeness (QED) is 0.537. The molecule has 0 radical (unpaired) electrons. The molecule has 1 spiro atoms. The molecule has 3 atom stereocenters. The molecule has 3 rings (SSSR count). The standard InChI is InChI=1S/C10H12O4/c11-8-3-6-4-10(5-9(12)14-10)2-1-7(6)13-8/h6-7H,1-5H2/t6-,7+,10+/m0/s1. The molecule has 3 aliphatic rings. The van der Waals surface area contributed by atoms with Crippen molar-refractivity contribution in [2.75, 3.05) is 0 Å². The van der Waals surface area contributed by atoms with Crippen molar-refractivity contribution in [2.24, 2.45) is 5.92 Å². The Labute approximate surface area is 81.6 Å². The number of hydrogen-bond acceptors (Lipinski definition) is 4. The summed E-state index contributed by atoms with van der Waals surface area (Å²) in [5.74, 6) is 0.0840. The lowest BCUT2D eigenvalue weighted by atomic mass is 9.72. The normalized spacial score (nSPS) is 45.4. The molecule has 2 saturated heterocycles. The van der Waals surface area contributed by atoms with Crippen molar-refractivity contribution in [1.29, 1.82) is 0 Å². The van der Waals surface area contributed by atoms with E-state index in [1.54, 1.807) is 0 Å². The van der Waals surface area contributed by atoms with Crippen molar-refractivity contribution in [3.05, 3.63) is 0 Å². The van der Waals surface area contributed by atoms with Gasteiger partial charge in [0.2, 0.25) is 0 Å². The number of rotatable bonds is 0. The fourth-order valence-corrected chi connectivity index (χ4v) is 2.89. The molecule has 1 saturated carbocycles. The summed E-state index contributed by atoms with van der Waals surface area (Å²) in [6, 6.07) is 0. The third kappa shape index (κ3) is 1.06. The largest absolute Gasteiger partial charge is 0.462 e. The topological polar surface area (TPSA) is 52.6 Å². The first kappa shape index (κ1) is 8.26. The van der Waals surface area contributed by atoms with E-state index >= 15 is 0 Å². The highest BCUT2D eigenvalue weighted by Crippen LogP contribution is 2.47. The molecule has 0 aromatic carbocycles. The van der Waals surface area contributed by atoms with Crippen LogP contribution < -0.4 is 0 Å². The average molecular weight is 196 g/mol. The molecule has 2 heterocycles. The van der Waals surface area contributed by atoms with Crippen LogP contribution in [0.3, 0.4) is 0 Å².